The van der Waals surface area contributed by atoms with Crippen molar-refractivity contribution in [3.05, 3.63) is 12.3 Å². The second-order valence-electron chi connectivity index (χ2n) is 4.22. The Hall–Kier alpha value is -1.89. The number of nitrogens with zero attached hydrogens (tertiary/aromatic N) is 3. The highest BCUT2D eigenvalue weighted by molar-refractivity contribution is 6.39. The zero-order valence-corrected chi connectivity index (χ0v) is 10.3. The van der Waals surface area contributed by atoms with Gasteiger partial charge in [-0.05, 0) is 13.0 Å². The van der Waals surface area contributed by atoms with Crippen molar-refractivity contribution in [2.24, 2.45) is 7.05 Å². The van der Waals surface area contributed by atoms with Crippen molar-refractivity contribution in [3.63, 3.8) is 0 Å². The highest BCUT2D eigenvalue weighted by atomic mass is 16.2. The zero-order valence-electron chi connectivity index (χ0n) is 10.3. The summed E-state index contributed by atoms with van der Waals surface area (Å²) in [6.07, 6.45) is 2.57. The van der Waals surface area contributed by atoms with E-state index >= 15 is 0 Å². The molecule has 98 valence electrons. The van der Waals surface area contributed by atoms with Crippen LogP contribution in [0.5, 0.6) is 0 Å². The third-order valence-electron chi connectivity index (χ3n) is 2.78. The molecule has 18 heavy (non-hydrogen) atoms. The molecule has 0 spiro atoms. The van der Waals surface area contributed by atoms with Gasteiger partial charge in [-0.2, -0.15) is 5.10 Å². The van der Waals surface area contributed by atoms with Crippen LogP contribution < -0.4 is 10.6 Å². The summed E-state index contributed by atoms with van der Waals surface area (Å²) in [7, 11) is 1.75. The largest absolute Gasteiger partial charge is 0.333 e. The molecule has 2 amide bonds. The Bertz CT molecular complexity index is 434. The Balaban J connectivity index is 1.93. The Labute approximate surface area is 105 Å². The summed E-state index contributed by atoms with van der Waals surface area (Å²) in [5, 5.41) is 9.68. The van der Waals surface area contributed by atoms with Crippen molar-refractivity contribution < 1.29 is 9.59 Å². The first-order chi connectivity index (χ1) is 8.66. The molecule has 1 aliphatic rings. The van der Waals surface area contributed by atoms with Crippen molar-refractivity contribution in [1.82, 2.24) is 20.0 Å². The first-order valence-corrected chi connectivity index (χ1v) is 5.97. The summed E-state index contributed by atoms with van der Waals surface area (Å²) < 4.78 is 1.57. The van der Waals surface area contributed by atoms with Crippen molar-refractivity contribution >= 4 is 17.6 Å². The molecule has 7 nitrogen and oxygen atoms in total. The van der Waals surface area contributed by atoms with E-state index in [0.717, 1.165) is 19.5 Å². The quantitative estimate of drug-likeness (QED) is 0.639. The summed E-state index contributed by atoms with van der Waals surface area (Å²) in [5.74, 6) is -0.733. The molecule has 0 bridgehead atoms. The molecule has 0 saturated carbocycles. The van der Waals surface area contributed by atoms with E-state index in [0.29, 0.717) is 18.9 Å². The number of nitrogens with one attached hydrogen (secondary N) is 2. The number of anilines is 1. The van der Waals surface area contributed by atoms with Gasteiger partial charge in [-0.3, -0.25) is 14.3 Å². The second-order valence-corrected chi connectivity index (χ2v) is 4.22. The van der Waals surface area contributed by atoms with E-state index < -0.39 is 11.8 Å². The van der Waals surface area contributed by atoms with Gasteiger partial charge in [0.1, 0.15) is 0 Å². The van der Waals surface area contributed by atoms with Gasteiger partial charge in [-0.25, -0.2) is 0 Å². The third-order valence-corrected chi connectivity index (χ3v) is 2.78. The maximum Gasteiger partial charge on any atom is 0.315 e. The number of carbonyl (C=O) groups excluding carboxylic acids is 2. The predicted molar refractivity (Wildman–Crippen MR) is 65.9 cm³/mol. The fourth-order valence-corrected chi connectivity index (χ4v) is 1.84. The fraction of sp³-hybridized carbons (Fsp3) is 0.545. The topological polar surface area (TPSA) is 79.3 Å². The number of rotatable bonds is 1. The van der Waals surface area contributed by atoms with Gasteiger partial charge in [-0.1, -0.05) is 0 Å². The SMILES string of the molecule is Cn1ccc(NC(=O)C(=O)N2CCCNCC2)n1. The molecule has 2 heterocycles. The van der Waals surface area contributed by atoms with Gasteiger partial charge in [0.2, 0.25) is 0 Å². The minimum absolute atomic E-state index is 0.392. The molecule has 0 unspecified atom stereocenters. The molecule has 2 rings (SSSR count). The summed E-state index contributed by atoms with van der Waals surface area (Å²) >= 11 is 0. The van der Waals surface area contributed by atoms with E-state index in [-0.39, 0.29) is 0 Å². The van der Waals surface area contributed by atoms with Crippen LogP contribution in [-0.2, 0) is 16.6 Å². The Morgan fingerprint density at radius 2 is 2.22 bits per heavy atom. The average Bonchev–Trinajstić information content (AvgIpc) is 2.62. The van der Waals surface area contributed by atoms with Gasteiger partial charge in [0.25, 0.3) is 0 Å². The van der Waals surface area contributed by atoms with Crippen LogP contribution in [0.25, 0.3) is 0 Å². The molecule has 1 fully saturated rings. The van der Waals surface area contributed by atoms with E-state index in [9.17, 15) is 9.59 Å². The molecule has 0 radical (unpaired) electrons. The minimum atomic E-state index is -0.629. The number of carbonyl (C=O) groups is 2. The van der Waals surface area contributed by atoms with Crippen LogP contribution in [-0.4, -0.2) is 52.7 Å². The van der Waals surface area contributed by atoms with Crippen molar-refractivity contribution in [2.45, 2.75) is 6.42 Å². The molecule has 1 aliphatic heterocycles. The Morgan fingerprint density at radius 1 is 1.39 bits per heavy atom. The third kappa shape index (κ3) is 3.07. The molecule has 7 heteroatoms. The van der Waals surface area contributed by atoms with Gasteiger partial charge < -0.3 is 15.5 Å². The molecule has 0 atom stereocenters. The normalized spacial score (nSPS) is 16.2. The molecule has 0 aromatic carbocycles. The minimum Gasteiger partial charge on any atom is -0.333 e. The second kappa shape index (κ2) is 5.63. The maximum absolute atomic E-state index is 11.9. The first-order valence-electron chi connectivity index (χ1n) is 5.97. The van der Waals surface area contributed by atoms with Gasteiger partial charge >= 0.3 is 11.8 Å². The number of amides is 2. The monoisotopic (exact) mass is 251 g/mol. The lowest BCUT2D eigenvalue weighted by molar-refractivity contribution is -0.143. The smallest absolute Gasteiger partial charge is 0.315 e. The Morgan fingerprint density at radius 3 is 2.94 bits per heavy atom. The summed E-state index contributed by atoms with van der Waals surface area (Å²) in [6, 6.07) is 1.65. The summed E-state index contributed by atoms with van der Waals surface area (Å²) in [4.78, 5) is 25.2. The molecular formula is C11H17N5O2. The van der Waals surface area contributed by atoms with Crippen molar-refractivity contribution in [2.75, 3.05) is 31.5 Å². The van der Waals surface area contributed by atoms with Crippen molar-refractivity contribution in [3.8, 4) is 0 Å². The van der Waals surface area contributed by atoms with Crippen LogP contribution in [0.1, 0.15) is 6.42 Å². The van der Waals surface area contributed by atoms with Crippen molar-refractivity contribution in [1.29, 1.82) is 0 Å². The molecule has 2 N–H and O–H groups in total. The highest BCUT2D eigenvalue weighted by Crippen LogP contribution is 2.03. The van der Waals surface area contributed by atoms with Crippen LogP contribution in [0.15, 0.2) is 12.3 Å². The van der Waals surface area contributed by atoms with E-state index in [2.05, 4.69) is 15.7 Å². The van der Waals surface area contributed by atoms with E-state index in [4.69, 9.17) is 0 Å². The van der Waals surface area contributed by atoms with Crippen LogP contribution in [0.2, 0.25) is 0 Å². The van der Waals surface area contributed by atoms with Crippen LogP contribution in [0.4, 0.5) is 5.82 Å². The number of hydrogen-bond donors (Lipinski definition) is 2. The molecule has 1 aromatic heterocycles. The molecule has 1 aromatic rings. The molecule has 0 aliphatic carbocycles. The number of aromatic nitrogens is 2. The fourth-order valence-electron chi connectivity index (χ4n) is 1.84. The van der Waals surface area contributed by atoms with Crippen LogP contribution >= 0.6 is 0 Å². The van der Waals surface area contributed by atoms with Gasteiger partial charge in [0, 0.05) is 38.9 Å². The molecular weight excluding hydrogens is 234 g/mol. The Kier molecular flexibility index (Phi) is 3.93. The predicted octanol–water partition coefficient (Wildman–Crippen LogP) is -0.819. The van der Waals surface area contributed by atoms with E-state index in [1.165, 1.54) is 0 Å². The maximum atomic E-state index is 11.9. The lowest BCUT2D eigenvalue weighted by Crippen LogP contribution is -2.41. The summed E-state index contributed by atoms with van der Waals surface area (Å²) in [5.41, 5.74) is 0. The number of aryl methyl sites for hydroxylation is 1. The van der Waals surface area contributed by atoms with Gasteiger partial charge in [0.05, 0.1) is 0 Å². The van der Waals surface area contributed by atoms with Crippen LogP contribution in [0, 0.1) is 0 Å². The van der Waals surface area contributed by atoms with Gasteiger partial charge in [0.15, 0.2) is 5.82 Å². The zero-order chi connectivity index (χ0) is 13.0. The first kappa shape index (κ1) is 12.6. The van der Waals surface area contributed by atoms with E-state index in [1.54, 1.807) is 28.9 Å². The standard InChI is InChI=1S/C11H17N5O2/c1-15-7-3-9(14-15)13-10(17)11(18)16-6-2-4-12-5-8-16/h3,7,12H,2,4-6,8H2,1H3,(H,13,14,17). The summed E-state index contributed by atoms with van der Waals surface area (Å²) in [6.45, 7) is 2.78. The average molecular weight is 251 g/mol. The van der Waals surface area contributed by atoms with Gasteiger partial charge in [-0.15, -0.1) is 0 Å². The molecule has 1 saturated heterocycles. The van der Waals surface area contributed by atoms with E-state index in [1.807, 2.05) is 0 Å². The van der Waals surface area contributed by atoms with Crippen LogP contribution in [0.3, 0.4) is 0 Å². The lowest BCUT2D eigenvalue weighted by atomic mass is 10.3. The number of hydrogen-bond acceptors (Lipinski definition) is 4. The lowest BCUT2D eigenvalue weighted by Gasteiger charge is -2.18. The highest BCUT2D eigenvalue weighted by Gasteiger charge is 2.22.